The Hall–Kier alpha value is -0.570. The normalized spacial score (nSPS) is 33.4. The minimum Gasteiger partial charge on any atom is -0.337 e. The molecule has 2 saturated heterocycles. The second kappa shape index (κ2) is 2.98. The van der Waals surface area contributed by atoms with E-state index in [4.69, 9.17) is 0 Å². The van der Waals surface area contributed by atoms with E-state index in [2.05, 4.69) is 16.8 Å². The summed E-state index contributed by atoms with van der Waals surface area (Å²) in [5.41, 5.74) is 0. The molecule has 0 aromatic carbocycles. The first kappa shape index (κ1) is 9.00. The van der Waals surface area contributed by atoms with Gasteiger partial charge in [-0.15, -0.1) is 0 Å². The smallest absolute Gasteiger partial charge is 0.225 e. The number of likely N-dealkylation sites (tertiary alicyclic amines) is 2. The van der Waals surface area contributed by atoms with Crippen LogP contribution in [0.4, 0.5) is 0 Å². The molecule has 2 bridgehead atoms. The van der Waals surface area contributed by atoms with E-state index in [-0.39, 0.29) is 5.92 Å². The Morgan fingerprint density at radius 1 is 1.31 bits per heavy atom. The van der Waals surface area contributed by atoms with Crippen LogP contribution in [0, 0.1) is 5.92 Å². The highest BCUT2D eigenvalue weighted by Crippen LogP contribution is 2.30. The summed E-state index contributed by atoms with van der Waals surface area (Å²) in [6.45, 7) is 6.00. The molecule has 0 unspecified atom stereocenters. The molecule has 2 atom stereocenters. The van der Waals surface area contributed by atoms with Gasteiger partial charge in [-0.05, 0) is 13.5 Å². The van der Waals surface area contributed by atoms with Crippen molar-refractivity contribution in [2.45, 2.75) is 32.4 Å². The Morgan fingerprint density at radius 2 is 2.00 bits per heavy atom. The molecule has 2 aliphatic rings. The van der Waals surface area contributed by atoms with Crippen LogP contribution in [0.5, 0.6) is 0 Å². The van der Waals surface area contributed by atoms with E-state index >= 15 is 0 Å². The van der Waals surface area contributed by atoms with Gasteiger partial charge in [0.2, 0.25) is 5.91 Å². The van der Waals surface area contributed by atoms with Crippen LogP contribution in [-0.2, 0) is 4.79 Å². The molecule has 0 saturated carbocycles. The number of nitrogens with zero attached hydrogens (tertiary/aromatic N) is 2. The van der Waals surface area contributed by atoms with Gasteiger partial charge in [0.25, 0.3) is 0 Å². The minimum atomic E-state index is 0.157. The Balaban J connectivity index is 2.03. The number of piperazine rings is 1. The van der Waals surface area contributed by atoms with Crippen molar-refractivity contribution in [3.05, 3.63) is 0 Å². The molecule has 0 radical (unpaired) electrons. The maximum absolute atomic E-state index is 11.7. The van der Waals surface area contributed by atoms with Gasteiger partial charge < -0.3 is 4.90 Å². The van der Waals surface area contributed by atoms with Gasteiger partial charge in [-0.3, -0.25) is 9.69 Å². The lowest BCUT2D eigenvalue weighted by Crippen LogP contribution is -2.48. The van der Waals surface area contributed by atoms with Gasteiger partial charge in [0.05, 0.1) is 0 Å². The average molecular weight is 182 g/mol. The molecule has 1 amide bonds. The molecule has 3 heteroatoms. The Kier molecular flexibility index (Phi) is 2.06. The van der Waals surface area contributed by atoms with Crippen LogP contribution < -0.4 is 0 Å². The van der Waals surface area contributed by atoms with Crippen LogP contribution in [0.15, 0.2) is 0 Å². The van der Waals surface area contributed by atoms with Crippen molar-refractivity contribution in [3.8, 4) is 0 Å². The predicted octanol–water partition coefficient (Wildman–Crippen LogP) is 0.557. The highest BCUT2D eigenvalue weighted by atomic mass is 16.2. The van der Waals surface area contributed by atoms with Gasteiger partial charge in [-0.25, -0.2) is 0 Å². The zero-order valence-electron chi connectivity index (χ0n) is 8.66. The molecule has 2 rings (SSSR count). The zero-order chi connectivity index (χ0) is 9.59. The molecule has 2 aliphatic heterocycles. The van der Waals surface area contributed by atoms with Crippen molar-refractivity contribution >= 4 is 5.91 Å². The maximum Gasteiger partial charge on any atom is 0.225 e. The lowest BCUT2D eigenvalue weighted by Gasteiger charge is -2.33. The molecule has 0 aromatic heterocycles. The number of hydrogen-bond acceptors (Lipinski definition) is 2. The molecule has 2 heterocycles. The van der Waals surface area contributed by atoms with Gasteiger partial charge in [0.15, 0.2) is 0 Å². The number of carbonyl (C=O) groups excluding carboxylic acids is 1. The number of carbonyl (C=O) groups is 1. The fourth-order valence-corrected chi connectivity index (χ4v) is 2.47. The van der Waals surface area contributed by atoms with E-state index < -0.39 is 0 Å². The molecule has 3 nitrogen and oxygen atoms in total. The third kappa shape index (κ3) is 1.35. The van der Waals surface area contributed by atoms with Crippen molar-refractivity contribution < 1.29 is 4.79 Å². The minimum absolute atomic E-state index is 0.157. The maximum atomic E-state index is 11.7. The standard InChI is InChI=1S/C10H18N2O/c1-7(2)10(13)12-6-8-4-9(12)5-11(8)3/h7-9H,4-6H2,1-3H3/t8-,9-/m1/s1. The number of hydrogen-bond donors (Lipinski definition) is 0. The van der Waals surface area contributed by atoms with Crippen molar-refractivity contribution in [2.75, 3.05) is 20.1 Å². The number of amides is 1. The van der Waals surface area contributed by atoms with E-state index in [9.17, 15) is 4.79 Å². The summed E-state index contributed by atoms with van der Waals surface area (Å²) in [7, 11) is 2.15. The summed E-state index contributed by atoms with van der Waals surface area (Å²) >= 11 is 0. The zero-order valence-corrected chi connectivity index (χ0v) is 8.66. The van der Waals surface area contributed by atoms with Gasteiger partial charge in [-0.2, -0.15) is 0 Å². The SMILES string of the molecule is CC(C)C(=O)N1C[C@H]2C[C@@H]1CN2C. The van der Waals surface area contributed by atoms with Crippen molar-refractivity contribution in [1.29, 1.82) is 0 Å². The largest absolute Gasteiger partial charge is 0.337 e. The molecule has 0 spiro atoms. The summed E-state index contributed by atoms with van der Waals surface area (Å²) in [6, 6.07) is 1.14. The van der Waals surface area contributed by atoms with E-state index in [0.29, 0.717) is 18.0 Å². The van der Waals surface area contributed by atoms with Crippen LogP contribution in [0.1, 0.15) is 20.3 Å². The van der Waals surface area contributed by atoms with Gasteiger partial charge in [-0.1, -0.05) is 13.8 Å². The van der Waals surface area contributed by atoms with Crippen molar-refractivity contribution in [2.24, 2.45) is 5.92 Å². The number of fused-ring (bicyclic) bond motifs is 2. The third-order valence-corrected chi connectivity index (χ3v) is 3.29. The van der Waals surface area contributed by atoms with Crippen LogP contribution in [0.25, 0.3) is 0 Å². The van der Waals surface area contributed by atoms with Gasteiger partial charge >= 0.3 is 0 Å². The summed E-state index contributed by atoms with van der Waals surface area (Å²) in [5.74, 6) is 0.491. The van der Waals surface area contributed by atoms with Crippen LogP contribution in [0.2, 0.25) is 0 Å². The third-order valence-electron chi connectivity index (χ3n) is 3.29. The fraction of sp³-hybridized carbons (Fsp3) is 0.900. The summed E-state index contributed by atoms with van der Waals surface area (Å²) < 4.78 is 0. The first-order chi connectivity index (χ1) is 6.09. The van der Waals surface area contributed by atoms with E-state index in [0.717, 1.165) is 13.1 Å². The number of likely N-dealkylation sites (N-methyl/N-ethyl adjacent to an activating group) is 1. The van der Waals surface area contributed by atoms with Crippen LogP contribution >= 0.6 is 0 Å². The lowest BCUT2D eigenvalue weighted by molar-refractivity contribution is -0.136. The monoisotopic (exact) mass is 182 g/mol. The fourth-order valence-electron chi connectivity index (χ4n) is 2.47. The molecule has 0 aliphatic carbocycles. The Morgan fingerprint density at radius 3 is 2.38 bits per heavy atom. The molecular formula is C10H18N2O. The topological polar surface area (TPSA) is 23.6 Å². The molecule has 13 heavy (non-hydrogen) atoms. The van der Waals surface area contributed by atoms with Crippen LogP contribution in [0.3, 0.4) is 0 Å². The molecular weight excluding hydrogens is 164 g/mol. The molecule has 0 N–H and O–H groups in total. The molecule has 2 fully saturated rings. The highest BCUT2D eigenvalue weighted by molar-refractivity contribution is 5.79. The summed E-state index contributed by atoms with van der Waals surface area (Å²) in [6.07, 6.45) is 1.19. The van der Waals surface area contributed by atoms with Crippen molar-refractivity contribution in [1.82, 2.24) is 9.80 Å². The summed E-state index contributed by atoms with van der Waals surface area (Å²) in [4.78, 5) is 16.2. The quantitative estimate of drug-likeness (QED) is 0.591. The average Bonchev–Trinajstić information content (AvgIpc) is 2.60. The van der Waals surface area contributed by atoms with E-state index in [1.54, 1.807) is 0 Å². The first-order valence-corrected chi connectivity index (χ1v) is 5.10. The lowest BCUT2D eigenvalue weighted by atomic mass is 10.1. The second-order valence-electron chi connectivity index (χ2n) is 4.63. The van der Waals surface area contributed by atoms with E-state index in [1.807, 2.05) is 13.8 Å². The predicted molar refractivity (Wildman–Crippen MR) is 51.4 cm³/mol. The summed E-state index contributed by atoms with van der Waals surface area (Å²) in [5, 5.41) is 0. The van der Waals surface area contributed by atoms with Crippen molar-refractivity contribution in [3.63, 3.8) is 0 Å². The Bertz CT molecular complexity index is 225. The molecule has 0 aromatic rings. The van der Waals surface area contributed by atoms with Crippen LogP contribution in [-0.4, -0.2) is 47.9 Å². The highest BCUT2D eigenvalue weighted by Gasteiger charge is 2.43. The first-order valence-electron chi connectivity index (χ1n) is 5.10. The van der Waals surface area contributed by atoms with Gasteiger partial charge in [0, 0.05) is 31.1 Å². The number of rotatable bonds is 1. The second-order valence-corrected chi connectivity index (χ2v) is 4.63. The molecule has 74 valence electrons. The Labute approximate surface area is 79.7 Å². The van der Waals surface area contributed by atoms with E-state index in [1.165, 1.54) is 6.42 Å². The van der Waals surface area contributed by atoms with Gasteiger partial charge in [0.1, 0.15) is 0 Å².